The first-order valence-corrected chi connectivity index (χ1v) is 4.80. The highest BCUT2D eigenvalue weighted by molar-refractivity contribution is 5.93. The molecule has 1 rings (SSSR count). The van der Waals surface area contributed by atoms with Crippen LogP contribution in [0.4, 0.5) is 0 Å². The molecule has 84 valence electrons. The van der Waals surface area contributed by atoms with Crippen molar-refractivity contribution in [2.24, 2.45) is 0 Å². The van der Waals surface area contributed by atoms with Gasteiger partial charge in [-0.2, -0.15) is 0 Å². The van der Waals surface area contributed by atoms with E-state index in [9.17, 15) is 9.90 Å². The van der Waals surface area contributed by atoms with Gasteiger partial charge in [0.25, 0.3) is 0 Å². The summed E-state index contributed by atoms with van der Waals surface area (Å²) in [6.45, 7) is 5.32. The van der Waals surface area contributed by atoms with Crippen molar-refractivity contribution in [1.29, 1.82) is 0 Å². The number of aromatic hydroxyl groups is 1. The van der Waals surface area contributed by atoms with Crippen LogP contribution >= 0.6 is 0 Å². The van der Waals surface area contributed by atoms with Crippen molar-refractivity contribution < 1.29 is 14.6 Å². The van der Waals surface area contributed by atoms with Crippen molar-refractivity contribution in [3.8, 4) is 5.75 Å². The van der Waals surface area contributed by atoms with E-state index in [4.69, 9.17) is 0 Å². The number of phenols is 1. The van der Waals surface area contributed by atoms with Gasteiger partial charge in [0.2, 0.25) is 0 Å². The van der Waals surface area contributed by atoms with Crippen molar-refractivity contribution in [2.45, 2.75) is 6.92 Å². The normalized spacial score (nSPS) is 11.0. The molecule has 3 nitrogen and oxygen atoms in total. The fraction of sp³-hybridized carbons (Fsp3) is 0.154. The molecule has 1 N–H and O–H groups in total. The van der Waals surface area contributed by atoms with Crippen LogP contribution in [0.5, 0.6) is 5.75 Å². The highest BCUT2D eigenvalue weighted by atomic mass is 16.5. The van der Waals surface area contributed by atoms with E-state index in [0.29, 0.717) is 5.57 Å². The third-order valence-electron chi connectivity index (χ3n) is 2.17. The highest BCUT2D eigenvalue weighted by Gasteiger charge is 2.05. The Morgan fingerprint density at radius 3 is 2.69 bits per heavy atom. The molecule has 0 aromatic heterocycles. The standard InChI is InChI=1S/C13H14O3/c1-4-10-5-6-12(14)8-11(10)7-9(2)13(15)16-3/h4-8,14H,1H2,2-3H3/b9-7+. The van der Waals surface area contributed by atoms with Gasteiger partial charge in [-0.15, -0.1) is 0 Å². The maximum absolute atomic E-state index is 11.2. The minimum absolute atomic E-state index is 0.148. The molecule has 0 fully saturated rings. The lowest BCUT2D eigenvalue weighted by Gasteiger charge is -2.04. The van der Waals surface area contributed by atoms with E-state index in [1.807, 2.05) is 0 Å². The molecule has 0 saturated carbocycles. The quantitative estimate of drug-likeness (QED) is 0.626. The van der Waals surface area contributed by atoms with Crippen LogP contribution in [0.3, 0.4) is 0 Å². The first-order valence-electron chi connectivity index (χ1n) is 4.80. The molecular formula is C13H14O3. The molecule has 1 aromatic rings. The molecule has 16 heavy (non-hydrogen) atoms. The number of methoxy groups -OCH3 is 1. The summed E-state index contributed by atoms with van der Waals surface area (Å²) in [4.78, 5) is 11.2. The highest BCUT2D eigenvalue weighted by Crippen LogP contribution is 2.20. The zero-order chi connectivity index (χ0) is 12.1. The monoisotopic (exact) mass is 218 g/mol. The number of ether oxygens (including phenoxy) is 1. The van der Waals surface area contributed by atoms with Crippen LogP contribution in [0.25, 0.3) is 12.2 Å². The summed E-state index contributed by atoms with van der Waals surface area (Å²) in [5.41, 5.74) is 2.05. The van der Waals surface area contributed by atoms with Gasteiger partial charge in [0.1, 0.15) is 5.75 Å². The predicted octanol–water partition coefficient (Wildman–Crippen LogP) is 2.61. The molecule has 0 saturated heterocycles. The van der Waals surface area contributed by atoms with Gasteiger partial charge in [-0.3, -0.25) is 0 Å². The molecule has 0 heterocycles. The molecule has 0 radical (unpaired) electrons. The Kier molecular flexibility index (Phi) is 3.89. The molecular weight excluding hydrogens is 204 g/mol. The predicted molar refractivity (Wildman–Crippen MR) is 63.9 cm³/mol. The van der Waals surface area contributed by atoms with Crippen molar-refractivity contribution >= 4 is 18.1 Å². The van der Waals surface area contributed by atoms with Gasteiger partial charge in [-0.25, -0.2) is 4.79 Å². The van der Waals surface area contributed by atoms with Crippen LogP contribution in [0.15, 0.2) is 30.4 Å². The molecule has 3 heteroatoms. The van der Waals surface area contributed by atoms with E-state index in [1.165, 1.54) is 7.11 Å². The third kappa shape index (κ3) is 2.73. The summed E-state index contributed by atoms with van der Waals surface area (Å²) < 4.78 is 4.59. The van der Waals surface area contributed by atoms with Crippen molar-refractivity contribution in [3.63, 3.8) is 0 Å². The molecule has 0 atom stereocenters. The Balaban J connectivity index is 3.17. The van der Waals surface area contributed by atoms with Crippen LogP contribution in [0.2, 0.25) is 0 Å². The fourth-order valence-electron chi connectivity index (χ4n) is 1.33. The minimum Gasteiger partial charge on any atom is -0.508 e. The van der Waals surface area contributed by atoms with E-state index in [1.54, 1.807) is 37.3 Å². The molecule has 0 unspecified atom stereocenters. The van der Waals surface area contributed by atoms with Gasteiger partial charge in [-0.1, -0.05) is 18.7 Å². The average molecular weight is 218 g/mol. The molecule has 0 aliphatic heterocycles. The Labute approximate surface area is 94.7 Å². The summed E-state index contributed by atoms with van der Waals surface area (Å²) >= 11 is 0. The first-order chi connectivity index (χ1) is 7.58. The SMILES string of the molecule is C=Cc1ccc(O)cc1/C=C(\C)C(=O)OC. The van der Waals surface area contributed by atoms with E-state index >= 15 is 0 Å². The summed E-state index contributed by atoms with van der Waals surface area (Å²) in [6.07, 6.45) is 3.32. The summed E-state index contributed by atoms with van der Waals surface area (Å²) in [7, 11) is 1.33. The molecule has 0 bridgehead atoms. The van der Waals surface area contributed by atoms with Gasteiger partial charge in [0.15, 0.2) is 0 Å². The number of esters is 1. The second-order valence-electron chi connectivity index (χ2n) is 3.34. The molecule has 0 amide bonds. The van der Waals surface area contributed by atoms with Crippen LogP contribution in [-0.4, -0.2) is 18.2 Å². The summed E-state index contributed by atoms with van der Waals surface area (Å²) in [6, 6.07) is 4.88. The topological polar surface area (TPSA) is 46.5 Å². The van der Waals surface area contributed by atoms with Crippen LogP contribution < -0.4 is 0 Å². The smallest absolute Gasteiger partial charge is 0.333 e. The van der Waals surface area contributed by atoms with Crippen LogP contribution in [0, 0.1) is 0 Å². The van der Waals surface area contributed by atoms with Gasteiger partial charge < -0.3 is 9.84 Å². The van der Waals surface area contributed by atoms with Gasteiger partial charge in [0, 0.05) is 5.57 Å². The lowest BCUT2D eigenvalue weighted by atomic mass is 10.0. The lowest BCUT2D eigenvalue weighted by molar-refractivity contribution is -0.135. The summed E-state index contributed by atoms with van der Waals surface area (Å²) in [5, 5.41) is 9.36. The second-order valence-corrected chi connectivity index (χ2v) is 3.34. The lowest BCUT2D eigenvalue weighted by Crippen LogP contribution is -2.01. The van der Waals surface area contributed by atoms with E-state index < -0.39 is 5.97 Å². The van der Waals surface area contributed by atoms with E-state index in [2.05, 4.69) is 11.3 Å². The minimum atomic E-state index is -0.390. The third-order valence-corrected chi connectivity index (χ3v) is 2.17. The number of benzene rings is 1. The molecule has 0 aliphatic rings. The van der Waals surface area contributed by atoms with Gasteiger partial charge in [0.05, 0.1) is 7.11 Å². The van der Waals surface area contributed by atoms with Gasteiger partial charge >= 0.3 is 5.97 Å². The van der Waals surface area contributed by atoms with Crippen LogP contribution in [0.1, 0.15) is 18.1 Å². The Hall–Kier alpha value is -2.03. The van der Waals surface area contributed by atoms with Crippen LogP contribution in [-0.2, 0) is 9.53 Å². The van der Waals surface area contributed by atoms with Crippen molar-refractivity contribution in [1.82, 2.24) is 0 Å². The van der Waals surface area contributed by atoms with Gasteiger partial charge in [-0.05, 0) is 36.3 Å². The Morgan fingerprint density at radius 1 is 1.44 bits per heavy atom. The van der Waals surface area contributed by atoms with E-state index in [0.717, 1.165) is 11.1 Å². The number of carbonyl (C=O) groups is 1. The number of hydrogen-bond acceptors (Lipinski definition) is 3. The number of phenolic OH excluding ortho intramolecular Hbond substituents is 1. The second kappa shape index (κ2) is 5.16. The summed E-state index contributed by atoms with van der Waals surface area (Å²) in [5.74, 6) is -0.243. The number of hydrogen-bond donors (Lipinski definition) is 1. The Bertz CT molecular complexity index is 444. The number of carbonyl (C=O) groups excluding carboxylic acids is 1. The average Bonchev–Trinajstić information content (AvgIpc) is 2.28. The van der Waals surface area contributed by atoms with Crippen molar-refractivity contribution in [2.75, 3.05) is 7.11 Å². The fourth-order valence-corrected chi connectivity index (χ4v) is 1.33. The Morgan fingerprint density at radius 2 is 2.12 bits per heavy atom. The largest absolute Gasteiger partial charge is 0.508 e. The molecule has 0 spiro atoms. The first kappa shape index (κ1) is 12.0. The molecule has 1 aromatic carbocycles. The zero-order valence-corrected chi connectivity index (χ0v) is 9.36. The number of rotatable bonds is 3. The zero-order valence-electron chi connectivity index (χ0n) is 9.36. The van der Waals surface area contributed by atoms with E-state index in [-0.39, 0.29) is 5.75 Å². The maximum atomic E-state index is 11.2. The maximum Gasteiger partial charge on any atom is 0.333 e. The van der Waals surface area contributed by atoms with Crippen molar-refractivity contribution in [3.05, 3.63) is 41.5 Å². The molecule has 0 aliphatic carbocycles.